The van der Waals surface area contributed by atoms with Crippen LogP contribution in [0.5, 0.6) is 0 Å². The first-order chi connectivity index (χ1) is 9.00. The average molecular weight is 271 g/mol. The van der Waals surface area contributed by atoms with E-state index in [0.717, 1.165) is 6.42 Å². The van der Waals surface area contributed by atoms with Crippen molar-refractivity contribution in [2.24, 2.45) is 5.92 Å². The van der Waals surface area contributed by atoms with Crippen LogP contribution in [0.25, 0.3) is 0 Å². The van der Waals surface area contributed by atoms with E-state index in [1.54, 1.807) is 0 Å². The number of hydrogen-bond acceptors (Lipinski definition) is 3. The third-order valence-corrected chi connectivity index (χ3v) is 3.32. The number of ether oxygens (including phenoxy) is 1. The number of unbranched alkanes of at least 4 members (excludes halogenated alkanes) is 1. The quantitative estimate of drug-likeness (QED) is 0.718. The summed E-state index contributed by atoms with van der Waals surface area (Å²) in [5.74, 6) is -0.121. The fraction of sp³-hybridized carbons (Fsp3) is 0.857. The molecule has 1 N–H and O–H groups in total. The molecule has 0 spiro atoms. The van der Waals surface area contributed by atoms with Crippen molar-refractivity contribution in [1.29, 1.82) is 0 Å². The second-order valence-corrected chi connectivity index (χ2v) is 5.55. The largest absolute Gasteiger partial charge is 0.481 e. The van der Waals surface area contributed by atoms with Gasteiger partial charge in [0.15, 0.2) is 0 Å². The molecule has 0 aromatic rings. The molecule has 110 valence electrons. The third kappa shape index (κ3) is 6.05. The Kier molecular flexibility index (Phi) is 6.84. The summed E-state index contributed by atoms with van der Waals surface area (Å²) in [6, 6.07) is 0.181. The fourth-order valence-corrected chi connectivity index (χ4v) is 2.42. The van der Waals surface area contributed by atoms with Crippen molar-refractivity contribution in [2.45, 2.75) is 52.0 Å². The molecule has 5 nitrogen and oxygen atoms in total. The van der Waals surface area contributed by atoms with Crippen molar-refractivity contribution < 1.29 is 19.4 Å². The molecule has 1 fully saturated rings. The highest BCUT2D eigenvalue weighted by molar-refractivity contribution is 5.76. The minimum atomic E-state index is -0.795. The van der Waals surface area contributed by atoms with E-state index < -0.39 is 5.97 Å². The molecule has 1 rings (SSSR count). The highest BCUT2D eigenvalue weighted by Crippen LogP contribution is 2.17. The summed E-state index contributed by atoms with van der Waals surface area (Å²) in [6.45, 7) is 6.18. The predicted octanol–water partition coefficient (Wildman–Crippen LogP) is 1.90. The fourth-order valence-electron chi connectivity index (χ4n) is 2.42. The third-order valence-electron chi connectivity index (χ3n) is 3.32. The number of carbonyl (C=O) groups excluding carboxylic acids is 1. The van der Waals surface area contributed by atoms with Crippen LogP contribution in [0, 0.1) is 5.92 Å². The molecule has 5 heteroatoms. The van der Waals surface area contributed by atoms with Crippen molar-refractivity contribution in [3.05, 3.63) is 0 Å². The van der Waals surface area contributed by atoms with Gasteiger partial charge in [-0.05, 0) is 25.2 Å². The second kappa shape index (κ2) is 8.15. The molecule has 1 atom stereocenters. The molecular formula is C14H25NO4. The molecule has 1 aliphatic heterocycles. The molecule has 0 aromatic heterocycles. The first kappa shape index (κ1) is 16.0. The van der Waals surface area contributed by atoms with Gasteiger partial charge in [0.25, 0.3) is 0 Å². The van der Waals surface area contributed by atoms with E-state index in [4.69, 9.17) is 9.84 Å². The zero-order chi connectivity index (χ0) is 14.3. The van der Waals surface area contributed by atoms with Crippen LogP contribution >= 0.6 is 0 Å². The summed E-state index contributed by atoms with van der Waals surface area (Å²) in [7, 11) is 0. The number of hydrogen-bond donors (Lipinski definition) is 1. The molecule has 1 heterocycles. The van der Waals surface area contributed by atoms with Gasteiger partial charge in [-0.25, -0.2) is 0 Å². The van der Waals surface area contributed by atoms with Crippen LogP contribution in [0.1, 0.15) is 46.0 Å². The van der Waals surface area contributed by atoms with E-state index in [1.165, 1.54) is 0 Å². The molecule has 0 bridgehead atoms. The summed E-state index contributed by atoms with van der Waals surface area (Å²) < 4.78 is 5.45. The molecule has 19 heavy (non-hydrogen) atoms. The minimum absolute atomic E-state index is 0.138. The lowest BCUT2D eigenvalue weighted by molar-refractivity contribution is -0.141. The Morgan fingerprint density at radius 3 is 2.63 bits per heavy atom. The highest BCUT2D eigenvalue weighted by Gasteiger charge is 2.27. The Balaban J connectivity index is 2.36. The summed E-state index contributed by atoms with van der Waals surface area (Å²) in [6.07, 6.45) is 2.77. The zero-order valence-corrected chi connectivity index (χ0v) is 11.9. The maximum Gasteiger partial charge on any atom is 0.303 e. The Morgan fingerprint density at radius 1 is 1.32 bits per heavy atom. The van der Waals surface area contributed by atoms with Crippen LogP contribution in [0.15, 0.2) is 0 Å². The molecule has 0 aromatic carbocycles. The maximum absolute atomic E-state index is 12.2. The minimum Gasteiger partial charge on any atom is -0.481 e. The van der Waals surface area contributed by atoms with Gasteiger partial charge in [0, 0.05) is 19.4 Å². The van der Waals surface area contributed by atoms with E-state index in [1.807, 2.05) is 4.90 Å². The normalized spacial score (nSPS) is 19.7. The second-order valence-electron chi connectivity index (χ2n) is 5.55. The summed E-state index contributed by atoms with van der Waals surface area (Å²) in [5, 5.41) is 8.56. The summed E-state index contributed by atoms with van der Waals surface area (Å²) in [4.78, 5) is 24.5. The standard InChI is InChI=1S/C14H25NO4/c1-11(2)9-12-10-19-8-7-15(12)13(16)5-3-4-6-14(17)18/h11-12H,3-10H2,1-2H3,(H,17,18). The lowest BCUT2D eigenvalue weighted by atomic mass is 10.0. The lowest BCUT2D eigenvalue weighted by Gasteiger charge is -2.36. The zero-order valence-electron chi connectivity index (χ0n) is 11.9. The number of carbonyl (C=O) groups is 2. The topological polar surface area (TPSA) is 66.8 Å². The van der Waals surface area contributed by atoms with Gasteiger partial charge in [-0.1, -0.05) is 13.8 Å². The van der Waals surface area contributed by atoms with Crippen LogP contribution in [-0.4, -0.2) is 47.7 Å². The van der Waals surface area contributed by atoms with Crippen molar-refractivity contribution in [3.63, 3.8) is 0 Å². The van der Waals surface area contributed by atoms with Gasteiger partial charge in [-0.2, -0.15) is 0 Å². The van der Waals surface area contributed by atoms with Gasteiger partial charge in [0.2, 0.25) is 5.91 Å². The average Bonchev–Trinajstić information content (AvgIpc) is 2.34. The van der Waals surface area contributed by atoms with E-state index in [2.05, 4.69) is 13.8 Å². The first-order valence-corrected chi connectivity index (χ1v) is 7.09. The summed E-state index contributed by atoms with van der Waals surface area (Å²) >= 11 is 0. The van der Waals surface area contributed by atoms with Crippen LogP contribution in [-0.2, 0) is 14.3 Å². The Hall–Kier alpha value is -1.10. The Morgan fingerprint density at radius 2 is 2.00 bits per heavy atom. The van der Waals surface area contributed by atoms with Crippen LogP contribution in [0.2, 0.25) is 0 Å². The molecule has 1 aliphatic rings. The molecule has 0 radical (unpaired) electrons. The SMILES string of the molecule is CC(C)CC1COCCN1C(=O)CCCCC(=O)O. The molecule has 0 saturated carbocycles. The highest BCUT2D eigenvalue weighted by atomic mass is 16.5. The summed E-state index contributed by atoms with van der Waals surface area (Å²) in [5.41, 5.74) is 0. The van der Waals surface area contributed by atoms with Gasteiger partial charge >= 0.3 is 5.97 Å². The lowest BCUT2D eigenvalue weighted by Crippen LogP contribution is -2.49. The maximum atomic E-state index is 12.2. The van der Waals surface area contributed by atoms with E-state index >= 15 is 0 Å². The van der Waals surface area contributed by atoms with Crippen LogP contribution < -0.4 is 0 Å². The number of amides is 1. The van der Waals surface area contributed by atoms with E-state index in [-0.39, 0.29) is 18.4 Å². The number of rotatable bonds is 7. The molecule has 1 amide bonds. The molecule has 1 unspecified atom stereocenters. The predicted molar refractivity (Wildman–Crippen MR) is 71.9 cm³/mol. The molecular weight excluding hydrogens is 246 g/mol. The van der Waals surface area contributed by atoms with E-state index in [9.17, 15) is 9.59 Å². The monoisotopic (exact) mass is 271 g/mol. The number of nitrogens with zero attached hydrogens (tertiary/aromatic N) is 1. The Bertz CT molecular complexity index is 304. The Labute approximate surface area is 114 Å². The van der Waals surface area contributed by atoms with Gasteiger partial charge in [0.1, 0.15) is 0 Å². The first-order valence-electron chi connectivity index (χ1n) is 7.09. The van der Waals surface area contributed by atoms with Crippen molar-refractivity contribution in [1.82, 2.24) is 4.90 Å². The van der Waals surface area contributed by atoms with Crippen LogP contribution in [0.3, 0.4) is 0 Å². The molecule has 1 saturated heterocycles. The number of aliphatic carboxylic acids is 1. The van der Waals surface area contributed by atoms with Crippen molar-refractivity contribution >= 4 is 11.9 Å². The number of carboxylic acids is 1. The van der Waals surface area contributed by atoms with E-state index in [0.29, 0.717) is 44.9 Å². The molecule has 0 aliphatic carbocycles. The van der Waals surface area contributed by atoms with Gasteiger partial charge < -0.3 is 14.7 Å². The van der Waals surface area contributed by atoms with Crippen molar-refractivity contribution in [3.8, 4) is 0 Å². The van der Waals surface area contributed by atoms with Crippen LogP contribution in [0.4, 0.5) is 0 Å². The van der Waals surface area contributed by atoms with Gasteiger partial charge in [-0.3, -0.25) is 9.59 Å². The van der Waals surface area contributed by atoms with Gasteiger partial charge in [0.05, 0.1) is 19.3 Å². The number of morpholine rings is 1. The van der Waals surface area contributed by atoms with Gasteiger partial charge in [-0.15, -0.1) is 0 Å². The van der Waals surface area contributed by atoms with Crippen molar-refractivity contribution in [2.75, 3.05) is 19.8 Å². The smallest absolute Gasteiger partial charge is 0.303 e. The number of carboxylic acid groups (broad SMARTS) is 1.